The fraction of sp³-hybridized carbons (Fsp3) is 0.562. The molecule has 0 bridgehead atoms. The zero-order valence-corrected chi connectivity index (χ0v) is 13.3. The zero-order valence-electron chi connectivity index (χ0n) is 13.3. The number of fused-ring (bicyclic) bond motifs is 1. The Bertz CT molecular complexity index is 623. The Morgan fingerprint density at radius 3 is 2.73 bits per heavy atom. The molecule has 1 saturated heterocycles. The summed E-state index contributed by atoms with van der Waals surface area (Å²) in [6, 6.07) is 0. The quantitative estimate of drug-likeness (QED) is 0.879. The first kappa shape index (κ1) is 14.8. The van der Waals surface area contributed by atoms with E-state index in [9.17, 15) is 4.79 Å². The number of carbonyl (C=O) groups excluding carboxylic acids is 1. The number of carbonyl (C=O) groups is 1. The molecule has 0 radical (unpaired) electrons. The Balaban J connectivity index is 1.64. The first-order valence-corrected chi connectivity index (χ1v) is 7.69. The second-order valence-corrected chi connectivity index (χ2v) is 6.77. The molecule has 1 N–H and O–H groups in total. The van der Waals surface area contributed by atoms with Crippen LogP contribution in [-0.2, 0) is 4.74 Å². The normalized spacial score (nSPS) is 17.0. The first-order chi connectivity index (χ1) is 10.4. The van der Waals surface area contributed by atoms with Crippen LogP contribution in [0.5, 0.6) is 0 Å². The van der Waals surface area contributed by atoms with Crippen molar-refractivity contribution in [2.75, 3.05) is 13.1 Å². The minimum absolute atomic E-state index is 0.216. The fourth-order valence-corrected chi connectivity index (χ4v) is 2.89. The Kier molecular flexibility index (Phi) is 3.76. The van der Waals surface area contributed by atoms with Gasteiger partial charge < -0.3 is 14.6 Å². The predicted molar refractivity (Wildman–Crippen MR) is 82.8 cm³/mol. The lowest BCUT2D eigenvalue weighted by molar-refractivity contribution is 0.0205. The SMILES string of the molecule is CC(C)(C)OC(=O)N1CCC(c2cnc3cnc[nH]c2-3)CC1. The van der Waals surface area contributed by atoms with E-state index in [4.69, 9.17) is 4.74 Å². The Labute approximate surface area is 130 Å². The van der Waals surface area contributed by atoms with Gasteiger partial charge in [-0.05, 0) is 45.1 Å². The molecule has 22 heavy (non-hydrogen) atoms. The number of nitrogens with zero attached hydrogens (tertiary/aromatic N) is 3. The van der Waals surface area contributed by atoms with Gasteiger partial charge in [0.05, 0.1) is 18.2 Å². The lowest BCUT2D eigenvalue weighted by Crippen LogP contribution is -2.41. The molecule has 0 aromatic carbocycles. The molecule has 6 nitrogen and oxygen atoms in total. The molecule has 0 spiro atoms. The van der Waals surface area contributed by atoms with E-state index >= 15 is 0 Å². The van der Waals surface area contributed by atoms with Gasteiger partial charge in [0.1, 0.15) is 11.3 Å². The number of amides is 1. The second kappa shape index (κ2) is 5.59. The standard InChI is InChI=1S/C16H22N4O2/c1-16(2,3)22-15(21)20-6-4-11(5-7-20)12-8-18-13-9-17-10-19-14(12)13/h8-11H,4-7H2,1-3H3,(H,17,19). The summed E-state index contributed by atoms with van der Waals surface area (Å²) in [6.07, 6.45) is 7.02. The molecule has 3 aliphatic rings. The molecular formula is C16H22N4O2. The third kappa shape index (κ3) is 3.05. The molecule has 0 saturated carbocycles. The molecule has 3 rings (SSSR count). The summed E-state index contributed by atoms with van der Waals surface area (Å²) < 4.78 is 5.43. The highest BCUT2D eigenvalue weighted by Crippen LogP contribution is 2.34. The van der Waals surface area contributed by atoms with E-state index in [1.165, 1.54) is 5.56 Å². The van der Waals surface area contributed by atoms with Crippen LogP contribution in [0.3, 0.4) is 0 Å². The molecule has 0 aromatic heterocycles. The molecule has 1 amide bonds. The van der Waals surface area contributed by atoms with E-state index in [1.54, 1.807) is 17.4 Å². The third-order valence-corrected chi connectivity index (χ3v) is 3.95. The van der Waals surface area contributed by atoms with Crippen molar-refractivity contribution in [1.29, 1.82) is 0 Å². The summed E-state index contributed by atoms with van der Waals surface area (Å²) in [4.78, 5) is 25.5. The van der Waals surface area contributed by atoms with Crippen LogP contribution >= 0.6 is 0 Å². The molecular weight excluding hydrogens is 280 g/mol. The summed E-state index contributed by atoms with van der Waals surface area (Å²) in [5, 5.41) is 0. The van der Waals surface area contributed by atoms with Gasteiger partial charge in [-0.2, -0.15) is 0 Å². The van der Waals surface area contributed by atoms with Crippen molar-refractivity contribution in [3.05, 3.63) is 24.3 Å². The number of aromatic nitrogens is 3. The first-order valence-electron chi connectivity index (χ1n) is 7.69. The van der Waals surface area contributed by atoms with Crippen molar-refractivity contribution in [3.8, 4) is 11.4 Å². The highest BCUT2D eigenvalue weighted by Gasteiger charge is 2.29. The summed E-state index contributed by atoms with van der Waals surface area (Å²) in [5.41, 5.74) is 2.74. The number of H-pyrrole nitrogens is 1. The number of piperidine rings is 1. The van der Waals surface area contributed by atoms with Crippen LogP contribution in [0.4, 0.5) is 4.79 Å². The minimum atomic E-state index is -0.443. The van der Waals surface area contributed by atoms with Crippen molar-refractivity contribution >= 4 is 6.09 Å². The lowest BCUT2D eigenvalue weighted by Gasteiger charge is -2.33. The largest absolute Gasteiger partial charge is 0.444 e. The zero-order chi connectivity index (χ0) is 15.7. The van der Waals surface area contributed by atoms with Crippen molar-refractivity contribution in [1.82, 2.24) is 19.9 Å². The highest BCUT2D eigenvalue weighted by molar-refractivity contribution is 5.68. The van der Waals surface area contributed by atoms with E-state index in [0.717, 1.165) is 37.3 Å². The summed E-state index contributed by atoms with van der Waals surface area (Å²) in [6.45, 7) is 7.12. The lowest BCUT2D eigenvalue weighted by atomic mass is 9.90. The maximum atomic E-state index is 12.1. The maximum Gasteiger partial charge on any atom is 0.410 e. The van der Waals surface area contributed by atoms with Crippen molar-refractivity contribution in [2.45, 2.75) is 45.1 Å². The van der Waals surface area contributed by atoms with Gasteiger partial charge in [-0.1, -0.05) is 0 Å². The van der Waals surface area contributed by atoms with E-state index in [-0.39, 0.29) is 6.09 Å². The third-order valence-electron chi connectivity index (χ3n) is 3.95. The maximum absolute atomic E-state index is 12.1. The minimum Gasteiger partial charge on any atom is -0.444 e. The van der Waals surface area contributed by atoms with Crippen LogP contribution < -0.4 is 0 Å². The molecule has 0 aromatic rings. The molecule has 0 aliphatic carbocycles. The molecule has 1 fully saturated rings. The number of likely N-dealkylation sites (tertiary alicyclic amines) is 1. The average molecular weight is 302 g/mol. The van der Waals surface area contributed by atoms with Crippen LogP contribution in [0.2, 0.25) is 0 Å². The Morgan fingerprint density at radius 1 is 1.32 bits per heavy atom. The summed E-state index contributed by atoms with van der Waals surface area (Å²) in [7, 11) is 0. The average Bonchev–Trinajstić information content (AvgIpc) is 2.89. The van der Waals surface area contributed by atoms with Gasteiger partial charge in [0, 0.05) is 19.3 Å². The molecule has 3 aliphatic heterocycles. The van der Waals surface area contributed by atoms with Crippen molar-refractivity contribution in [2.24, 2.45) is 0 Å². The van der Waals surface area contributed by atoms with Gasteiger partial charge in [-0.15, -0.1) is 0 Å². The van der Waals surface area contributed by atoms with Gasteiger partial charge in [0.2, 0.25) is 0 Å². The molecule has 6 heteroatoms. The van der Waals surface area contributed by atoms with E-state index in [2.05, 4.69) is 15.0 Å². The number of nitrogens with one attached hydrogen (secondary N) is 1. The summed E-state index contributed by atoms with van der Waals surface area (Å²) >= 11 is 0. The predicted octanol–water partition coefficient (Wildman–Crippen LogP) is 3.02. The molecule has 0 atom stereocenters. The van der Waals surface area contributed by atoms with Gasteiger partial charge in [0.25, 0.3) is 0 Å². The van der Waals surface area contributed by atoms with Gasteiger partial charge in [0.15, 0.2) is 0 Å². The number of hydrogen-bond acceptors (Lipinski definition) is 4. The highest BCUT2D eigenvalue weighted by atomic mass is 16.6. The van der Waals surface area contributed by atoms with E-state index in [1.807, 2.05) is 27.0 Å². The number of rotatable bonds is 1. The Morgan fingerprint density at radius 2 is 2.05 bits per heavy atom. The fourth-order valence-electron chi connectivity index (χ4n) is 2.89. The molecule has 0 unspecified atom stereocenters. The van der Waals surface area contributed by atoms with Gasteiger partial charge >= 0.3 is 6.09 Å². The van der Waals surface area contributed by atoms with Crippen LogP contribution in [-0.4, -0.2) is 44.6 Å². The van der Waals surface area contributed by atoms with Gasteiger partial charge in [-0.3, -0.25) is 4.98 Å². The van der Waals surface area contributed by atoms with Crippen LogP contribution in [0.25, 0.3) is 11.4 Å². The van der Waals surface area contributed by atoms with Crippen molar-refractivity contribution in [3.63, 3.8) is 0 Å². The number of aromatic amines is 1. The second-order valence-electron chi connectivity index (χ2n) is 6.77. The molecule has 3 heterocycles. The van der Waals surface area contributed by atoms with Crippen LogP contribution in [0.1, 0.15) is 45.1 Å². The number of ether oxygens (including phenoxy) is 1. The van der Waals surface area contributed by atoms with E-state index in [0.29, 0.717) is 5.92 Å². The van der Waals surface area contributed by atoms with E-state index < -0.39 is 5.60 Å². The monoisotopic (exact) mass is 302 g/mol. The smallest absolute Gasteiger partial charge is 0.410 e. The van der Waals surface area contributed by atoms with Crippen LogP contribution in [0, 0.1) is 0 Å². The Hall–Kier alpha value is -2.11. The number of hydrogen-bond donors (Lipinski definition) is 1. The molecule has 118 valence electrons. The van der Waals surface area contributed by atoms with Gasteiger partial charge in [-0.25, -0.2) is 9.78 Å². The van der Waals surface area contributed by atoms with Crippen LogP contribution in [0.15, 0.2) is 18.7 Å². The van der Waals surface area contributed by atoms with Crippen molar-refractivity contribution < 1.29 is 9.53 Å². The summed E-state index contributed by atoms with van der Waals surface area (Å²) in [5.74, 6) is 0.419. The topological polar surface area (TPSA) is 71.1 Å².